The highest BCUT2D eigenvalue weighted by Gasteiger charge is 2.19. The Balaban J connectivity index is 2.43. The predicted molar refractivity (Wildman–Crippen MR) is 76.4 cm³/mol. The molecule has 3 nitrogen and oxygen atoms in total. The number of rotatable bonds is 3. The first-order chi connectivity index (χ1) is 8.90. The molecule has 2 aromatic rings. The number of benzene rings is 2. The molecule has 0 aromatic heterocycles. The molecule has 0 saturated heterocycles. The molecule has 0 bridgehead atoms. The summed E-state index contributed by atoms with van der Waals surface area (Å²) >= 11 is 8.99. The number of nitrogens with one attached hydrogen (secondary N) is 1. The van der Waals surface area contributed by atoms with Gasteiger partial charge in [0.25, 0.3) is 10.0 Å². The molecule has 0 fully saturated rings. The zero-order valence-corrected chi connectivity index (χ0v) is 12.6. The summed E-state index contributed by atoms with van der Waals surface area (Å²) in [5.74, 6) is -0.812. The van der Waals surface area contributed by atoms with Gasteiger partial charge in [-0.3, -0.25) is 4.72 Å². The molecule has 0 aliphatic rings. The lowest BCUT2D eigenvalue weighted by Gasteiger charge is -2.10. The first kappa shape index (κ1) is 14.3. The van der Waals surface area contributed by atoms with Crippen molar-refractivity contribution >= 4 is 43.2 Å². The van der Waals surface area contributed by atoms with E-state index in [2.05, 4.69) is 20.7 Å². The maximum Gasteiger partial charge on any atom is 0.264 e. The fourth-order valence-corrected chi connectivity index (χ4v) is 3.24. The highest BCUT2D eigenvalue weighted by atomic mass is 79.9. The van der Waals surface area contributed by atoms with E-state index in [0.717, 1.165) is 6.07 Å². The standard InChI is InChI=1S/C12H8BrClFNO2S/c13-9-6-5-8(14)7-11(9)16-19(17,18)12-4-2-1-3-10(12)15/h1-7,16H. The molecule has 1 N–H and O–H groups in total. The van der Waals surface area contributed by atoms with Crippen LogP contribution >= 0.6 is 27.5 Å². The van der Waals surface area contributed by atoms with Crippen molar-refractivity contribution in [3.63, 3.8) is 0 Å². The van der Waals surface area contributed by atoms with Crippen molar-refractivity contribution in [3.05, 3.63) is 57.8 Å². The lowest BCUT2D eigenvalue weighted by molar-refractivity contribution is 0.570. The van der Waals surface area contributed by atoms with Crippen LogP contribution in [-0.4, -0.2) is 8.42 Å². The van der Waals surface area contributed by atoms with Crippen LogP contribution in [-0.2, 0) is 10.0 Å². The minimum absolute atomic E-state index is 0.246. The Hall–Kier alpha value is -1.11. The van der Waals surface area contributed by atoms with E-state index >= 15 is 0 Å². The molecule has 100 valence electrons. The molecule has 7 heteroatoms. The molecule has 0 spiro atoms. The van der Waals surface area contributed by atoms with E-state index in [4.69, 9.17) is 11.6 Å². The number of hydrogen-bond acceptors (Lipinski definition) is 2. The maximum absolute atomic E-state index is 13.5. The summed E-state index contributed by atoms with van der Waals surface area (Å²) in [6, 6.07) is 9.78. The van der Waals surface area contributed by atoms with Crippen LogP contribution < -0.4 is 4.72 Å². The van der Waals surface area contributed by atoms with Crippen molar-refractivity contribution in [2.24, 2.45) is 0 Å². The summed E-state index contributed by atoms with van der Waals surface area (Å²) in [5.41, 5.74) is 0.246. The molecular formula is C12H8BrClFNO2S. The molecule has 0 unspecified atom stereocenters. The topological polar surface area (TPSA) is 46.2 Å². The van der Waals surface area contributed by atoms with Crippen molar-refractivity contribution in [1.82, 2.24) is 0 Å². The molecular weight excluding hydrogens is 357 g/mol. The summed E-state index contributed by atoms with van der Waals surface area (Å²) in [5, 5.41) is 0.370. The fourth-order valence-electron chi connectivity index (χ4n) is 1.44. The summed E-state index contributed by atoms with van der Waals surface area (Å²) < 4.78 is 40.4. The number of anilines is 1. The SMILES string of the molecule is O=S(=O)(Nc1cc(Cl)ccc1Br)c1ccccc1F. The van der Waals surface area contributed by atoms with E-state index < -0.39 is 20.7 Å². The van der Waals surface area contributed by atoms with Crippen molar-refractivity contribution < 1.29 is 12.8 Å². The Morgan fingerprint density at radius 2 is 1.84 bits per heavy atom. The second-order valence-corrected chi connectivity index (χ2v) is 6.60. The van der Waals surface area contributed by atoms with Gasteiger partial charge >= 0.3 is 0 Å². The smallest absolute Gasteiger partial charge is 0.264 e. The van der Waals surface area contributed by atoms with E-state index in [-0.39, 0.29) is 5.69 Å². The minimum atomic E-state index is -4.00. The Labute approximate surface area is 123 Å². The Kier molecular flexibility index (Phi) is 4.13. The summed E-state index contributed by atoms with van der Waals surface area (Å²) in [7, 11) is -4.00. The molecule has 0 saturated carbocycles. The van der Waals surface area contributed by atoms with Gasteiger partial charge in [0.2, 0.25) is 0 Å². The summed E-state index contributed by atoms with van der Waals surface area (Å²) in [6.07, 6.45) is 0. The van der Waals surface area contributed by atoms with Crippen LogP contribution in [0.15, 0.2) is 51.8 Å². The average Bonchev–Trinajstić information content (AvgIpc) is 2.34. The highest BCUT2D eigenvalue weighted by molar-refractivity contribution is 9.10. The van der Waals surface area contributed by atoms with E-state index in [0.29, 0.717) is 9.50 Å². The van der Waals surface area contributed by atoms with Gasteiger partial charge in [-0.1, -0.05) is 23.7 Å². The van der Waals surface area contributed by atoms with Crippen LogP contribution in [0.5, 0.6) is 0 Å². The third-order valence-electron chi connectivity index (χ3n) is 2.30. The van der Waals surface area contributed by atoms with Gasteiger partial charge in [0.1, 0.15) is 10.7 Å². The molecule has 0 amide bonds. The predicted octanol–water partition coefficient (Wildman–Crippen LogP) is 4.04. The van der Waals surface area contributed by atoms with E-state index in [9.17, 15) is 12.8 Å². The van der Waals surface area contributed by atoms with Gasteiger partial charge in [-0.05, 0) is 46.3 Å². The van der Waals surface area contributed by atoms with Gasteiger partial charge in [-0.2, -0.15) is 0 Å². The Morgan fingerprint density at radius 1 is 1.16 bits per heavy atom. The van der Waals surface area contributed by atoms with Crippen LogP contribution in [0.2, 0.25) is 5.02 Å². The third kappa shape index (κ3) is 3.26. The quantitative estimate of drug-likeness (QED) is 0.893. The van der Waals surface area contributed by atoms with E-state index in [1.54, 1.807) is 12.1 Å². The molecule has 0 heterocycles. The molecule has 0 atom stereocenters. The zero-order chi connectivity index (χ0) is 14.0. The minimum Gasteiger partial charge on any atom is -0.278 e. The average molecular weight is 365 g/mol. The molecule has 0 radical (unpaired) electrons. The van der Waals surface area contributed by atoms with Gasteiger partial charge in [0.05, 0.1) is 5.69 Å². The molecule has 0 aliphatic heterocycles. The van der Waals surface area contributed by atoms with Crippen molar-refractivity contribution in [2.45, 2.75) is 4.90 Å². The Bertz CT molecular complexity index is 721. The van der Waals surface area contributed by atoms with Gasteiger partial charge < -0.3 is 0 Å². The first-order valence-electron chi connectivity index (χ1n) is 5.12. The van der Waals surface area contributed by atoms with Crippen LogP contribution in [0, 0.1) is 5.82 Å². The summed E-state index contributed by atoms with van der Waals surface area (Å²) in [6.45, 7) is 0. The van der Waals surface area contributed by atoms with Crippen molar-refractivity contribution in [3.8, 4) is 0 Å². The maximum atomic E-state index is 13.5. The zero-order valence-electron chi connectivity index (χ0n) is 9.40. The lowest BCUT2D eigenvalue weighted by Crippen LogP contribution is -2.14. The van der Waals surface area contributed by atoms with Crippen LogP contribution in [0.3, 0.4) is 0 Å². The van der Waals surface area contributed by atoms with Crippen LogP contribution in [0.1, 0.15) is 0 Å². The molecule has 19 heavy (non-hydrogen) atoms. The lowest BCUT2D eigenvalue weighted by atomic mass is 10.3. The molecule has 0 aliphatic carbocycles. The highest BCUT2D eigenvalue weighted by Crippen LogP contribution is 2.28. The van der Waals surface area contributed by atoms with E-state index in [1.807, 2.05) is 0 Å². The normalized spacial score (nSPS) is 11.3. The van der Waals surface area contributed by atoms with Crippen LogP contribution in [0.4, 0.5) is 10.1 Å². The number of halogens is 3. The second kappa shape index (κ2) is 5.48. The largest absolute Gasteiger partial charge is 0.278 e. The van der Waals surface area contributed by atoms with Gasteiger partial charge in [0.15, 0.2) is 0 Å². The fraction of sp³-hybridized carbons (Fsp3) is 0. The molecule has 2 aromatic carbocycles. The van der Waals surface area contributed by atoms with Gasteiger partial charge in [0, 0.05) is 9.50 Å². The monoisotopic (exact) mass is 363 g/mol. The van der Waals surface area contributed by atoms with Crippen molar-refractivity contribution in [2.75, 3.05) is 4.72 Å². The number of sulfonamides is 1. The summed E-state index contributed by atoms with van der Waals surface area (Å²) in [4.78, 5) is -0.415. The molecule has 2 rings (SSSR count). The van der Waals surface area contributed by atoms with Gasteiger partial charge in [-0.15, -0.1) is 0 Å². The second-order valence-electron chi connectivity index (χ2n) is 3.66. The van der Waals surface area contributed by atoms with Gasteiger partial charge in [-0.25, -0.2) is 12.8 Å². The third-order valence-corrected chi connectivity index (χ3v) is 4.62. The van der Waals surface area contributed by atoms with Crippen LogP contribution in [0.25, 0.3) is 0 Å². The first-order valence-corrected chi connectivity index (χ1v) is 7.78. The van der Waals surface area contributed by atoms with E-state index in [1.165, 1.54) is 24.3 Å². The number of hydrogen-bond donors (Lipinski definition) is 1. The van der Waals surface area contributed by atoms with Crippen molar-refractivity contribution in [1.29, 1.82) is 0 Å². The Morgan fingerprint density at radius 3 is 2.53 bits per heavy atom.